The summed E-state index contributed by atoms with van der Waals surface area (Å²) in [6.07, 6.45) is 0. The van der Waals surface area contributed by atoms with Crippen LogP contribution in [-0.2, 0) is 6.54 Å². The monoisotopic (exact) mass is 320 g/mol. The van der Waals surface area contributed by atoms with E-state index in [0.717, 1.165) is 24.5 Å². The molecule has 22 heavy (non-hydrogen) atoms. The van der Waals surface area contributed by atoms with E-state index >= 15 is 0 Å². The third-order valence-corrected chi connectivity index (χ3v) is 4.57. The van der Waals surface area contributed by atoms with Crippen LogP contribution in [0.15, 0.2) is 36.4 Å². The van der Waals surface area contributed by atoms with E-state index < -0.39 is 0 Å². The predicted octanol–water partition coefficient (Wildman–Crippen LogP) is 4.23. The number of benzene rings is 1. The van der Waals surface area contributed by atoms with Crippen LogP contribution in [0.3, 0.4) is 0 Å². The fourth-order valence-electron chi connectivity index (χ4n) is 2.71. The quantitative estimate of drug-likeness (QED) is 0.821. The second kappa shape index (κ2) is 7.36. The molecule has 120 valence electrons. The van der Waals surface area contributed by atoms with Crippen molar-refractivity contribution in [3.8, 4) is 10.4 Å². The topological polar surface area (TPSA) is 15.3 Å². The van der Waals surface area contributed by atoms with E-state index in [2.05, 4.69) is 44.2 Å². The van der Waals surface area contributed by atoms with Gasteiger partial charge in [-0.1, -0.05) is 32.0 Å². The van der Waals surface area contributed by atoms with Crippen molar-refractivity contribution in [3.63, 3.8) is 0 Å². The Morgan fingerprint density at radius 2 is 1.86 bits per heavy atom. The van der Waals surface area contributed by atoms with Crippen molar-refractivity contribution in [2.75, 3.05) is 27.2 Å². The number of rotatable bonds is 7. The Labute approximate surface area is 137 Å². The molecule has 0 fully saturated rings. The minimum atomic E-state index is -0.157. The van der Waals surface area contributed by atoms with Crippen LogP contribution in [0.1, 0.15) is 18.7 Å². The molecule has 1 heterocycles. The molecule has 0 spiro atoms. The second-order valence-corrected chi connectivity index (χ2v) is 7.92. The first-order valence-corrected chi connectivity index (χ1v) is 8.38. The first-order valence-electron chi connectivity index (χ1n) is 7.56. The SMILES string of the molecule is CN(C)CC(C)(C)CNCc1ccc(-c2ccccc2F)s1. The largest absolute Gasteiger partial charge is 0.311 e. The highest BCUT2D eigenvalue weighted by atomic mass is 32.1. The molecule has 1 N–H and O–H groups in total. The Hall–Kier alpha value is -1.23. The molecule has 2 rings (SSSR count). The van der Waals surface area contributed by atoms with Gasteiger partial charge in [0.2, 0.25) is 0 Å². The molecule has 0 aliphatic rings. The average molecular weight is 320 g/mol. The van der Waals surface area contributed by atoms with Crippen LogP contribution in [0.5, 0.6) is 0 Å². The van der Waals surface area contributed by atoms with Crippen LogP contribution in [0.25, 0.3) is 10.4 Å². The van der Waals surface area contributed by atoms with Gasteiger partial charge < -0.3 is 10.2 Å². The van der Waals surface area contributed by atoms with E-state index in [9.17, 15) is 4.39 Å². The normalized spacial score (nSPS) is 12.1. The van der Waals surface area contributed by atoms with E-state index in [0.29, 0.717) is 5.56 Å². The van der Waals surface area contributed by atoms with Gasteiger partial charge in [-0.15, -0.1) is 11.3 Å². The highest BCUT2D eigenvalue weighted by molar-refractivity contribution is 7.15. The molecule has 0 aliphatic heterocycles. The van der Waals surface area contributed by atoms with Gasteiger partial charge >= 0.3 is 0 Å². The van der Waals surface area contributed by atoms with Crippen molar-refractivity contribution in [1.29, 1.82) is 0 Å². The lowest BCUT2D eigenvalue weighted by atomic mass is 9.93. The number of hydrogen-bond acceptors (Lipinski definition) is 3. The zero-order valence-electron chi connectivity index (χ0n) is 13.8. The standard InChI is InChI=1S/C18H25FN2S/c1-18(2,13-21(3)4)12-20-11-14-9-10-17(22-14)15-7-5-6-8-16(15)19/h5-10,20H,11-13H2,1-4H3. The van der Waals surface area contributed by atoms with E-state index in [1.54, 1.807) is 17.4 Å². The van der Waals surface area contributed by atoms with E-state index in [4.69, 9.17) is 0 Å². The first kappa shape index (κ1) is 17.1. The highest BCUT2D eigenvalue weighted by Gasteiger charge is 2.18. The summed E-state index contributed by atoms with van der Waals surface area (Å²) in [5.74, 6) is -0.157. The van der Waals surface area contributed by atoms with Gasteiger partial charge in [-0.2, -0.15) is 0 Å². The lowest BCUT2D eigenvalue weighted by Gasteiger charge is -2.28. The Morgan fingerprint density at radius 3 is 2.55 bits per heavy atom. The van der Waals surface area contributed by atoms with Crippen LogP contribution < -0.4 is 5.32 Å². The van der Waals surface area contributed by atoms with Crippen LogP contribution >= 0.6 is 11.3 Å². The summed E-state index contributed by atoms with van der Waals surface area (Å²) in [6, 6.07) is 11.0. The summed E-state index contributed by atoms with van der Waals surface area (Å²) in [4.78, 5) is 4.43. The smallest absolute Gasteiger partial charge is 0.131 e. The third-order valence-electron chi connectivity index (χ3n) is 3.45. The molecular weight excluding hydrogens is 295 g/mol. The van der Waals surface area contributed by atoms with Gasteiger partial charge in [-0.05, 0) is 37.7 Å². The summed E-state index contributed by atoms with van der Waals surface area (Å²) < 4.78 is 13.8. The minimum absolute atomic E-state index is 0.157. The number of nitrogens with zero attached hydrogens (tertiary/aromatic N) is 1. The molecular formula is C18H25FN2S. The van der Waals surface area contributed by atoms with Crippen molar-refractivity contribution >= 4 is 11.3 Å². The molecule has 0 bridgehead atoms. The fraction of sp³-hybridized carbons (Fsp3) is 0.444. The summed E-state index contributed by atoms with van der Waals surface area (Å²) in [5.41, 5.74) is 0.918. The number of halogens is 1. The van der Waals surface area contributed by atoms with Crippen molar-refractivity contribution in [2.45, 2.75) is 20.4 Å². The molecule has 0 radical (unpaired) electrons. The average Bonchev–Trinajstić information content (AvgIpc) is 2.86. The summed E-state index contributed by atoms with van der Waals surface area (Å²) in [7, 11) is 4.20. The predicted molar refractivity (Wildman–Crippen MR) is 93.8 cm³/mol. The number of hydrogen-bond donors (Lipinski definition) is 1. The molecule has 0 saturated carbocycles. The van der Waals surface area contributed by atoms with Gasteiger partial charge in [-0.25, -0.2) is 4.39 Å². The van der Waals surface area contributed by atoms with Crippen LogP contribution in [-0.4, -0.2) is 32.1 Å². The summed E-state index contributed by atoms with van der Waals surface area (Å²) in [5, 5.41) is 3.52. The van der Waals surface area contributed by atoms with Crippen molar-refractivity contribution in [1.82, 2.24) is 10.2 Å². The number of nitrogens with one attached hydrogen (secondary N) is 1. The first-order chi connectivity index (χ1) is 10.4. The van der Waals surface area contributed by atoms with Crippen LogP contribution in [0.4, 0.5) is 4.39 Å². The van der Waals surface area contributed by atoms with E-state index in [1.807, 2.05) is 18.2 Å². The Bertz CT molecular complexity index is 605. The zero-order chi connectivity index (χ0) is 16.2. The maximum Gasteiger partial charge on any atom is 0.131 e. The molecule has 0 aliphatic carbocycles. The van der Waals surface area contributed by atoms with Gasteiger partial charge in [0.15, 0.2) is 0 Å². The lowest BCUT2D eigenvalue weighted by Crippen LogP contribution is -2.37. The number of thiophene rings is 1. The van der Waals surface area contributed by atoms with E-state index in [-0.39, 0.29) is 11.2 Å². The highest BCUT2D eigenvalue weighted by Crippen LogP contribution is 2.30. The summed E-state index contributed by atoms with van der Waals surface area (Å²) in [6.45, 7) is 7.36. The molecule has 2 aromatic rings. The lowest BCUT2D eigenvalue weighted by molar-refractivity contribution is 0.232. The summed E-state index contributed by atoms with van der Waals surface area (Å²) >= 11 is 1.65. The molecule has 0 amide bonds. The van der Waals surface area contributed by atoms with Gasteiger partial charge in [0.05, 0.1) is 0 Å². The molecule has 0 saturated heterocycles. The minimum Gasteiger partial charge on any atom is -0.311 e. The Morgan fingerprint density at radius 1 is 1.14 bits per heavy atom. The van der Waals surface area contributed by atoms with Gasteiger partial charge in [0.1, 0.15) is 5.82 Å². The Balaban J connectivity index is 1.92. The third kappa shape index (κ3) is 4.90. The molecule has 0 atom stereocenters. The van der Waals surface area contributed by atoms with Crippen LogP contribution in [0, 0.1) is 11.2 Å². The van der Waals surface area contributed by atoms with Crippen LogP contribution in [0.2, 0.25) is 0 Å². The molecule has 2 nitrogen and oxygen atoms in total. The maximum absolute atomic E-state index is 13.8. The van der Waals surface area contributed by atoms with Gasteiger partial charge in [0, 0.05) is 35.0 Å². The zero-order valence-corrected chi connectivity index (χ0v) is 14.6. The second-order valence-electron chi connectivity index (χ2n) is 6.75. The Kier molecular flexibility index (Phi) is 5.73. The molecule has 1 aromatic heterocycles. The van der Waals surface area contributed by atoms with Gasteiger partial charge in [-0.3, -0.25) is 0 Å². The maximum atomic E-state index is 13.8. The van der Waals surface area contributed by atoms with Crippen molar-refractivity contribution < 1.29 is 4.39 Å². The molecule has 1 aromatic carbocycles. The molecule has 0 unspecified atom stereocenters. The van der Waals surface area contributed by atoms with Gasteiger partial charge in [0.25, 0.3) is 0 Å². The molecule has 4 heteroatoms. The fourth-order valence-corrected chi connectivity index (χ4v) is 3.72. The van der Waals surface area contributed by atoms with E-state index in [1.165, 1.54) is 10.9 Å². The van der Waals surface area contributed by atoms with Crippen molar-refractivity contribution in [2.24, 2.45) is 5.41 Å². The van der Waals surface area contributed by atoms with Crippen molar-refractivity contribution in [3.05, 3.63) is 47.1 Å².